The summed E-state index contributed by atoms with van der Waals surface area (Å²) in [6.45, 7) is 3.62. The number of methoxy groups -OCH3 is 1. The highest BCUT2D eigenvalue weighted by molar-refractivity contribution is 7.07. The zero-order chi connectivity index (χ0) is 30.2. The molecule has 0 spiro atoms. The fraction of sp³-hybridized carbons (Fsp3) is 0.152. The molecule has 0 radical (unpaired) electrons. The fourth-order valence-electron chi connectivity index (χ4n) is 5.32. The number of rotatable bonds is 7. The Hall–Kier alpha value is -5.22. The molecule has 0 unspecified atom stereocenters. The number of carboxylic acids is 1. The minimum atomic E-state index is -1.04. The number of ether oxygens (including phenoxy) is 2. The zero-order valence-corrected chi connectivity index (χ0v) is 24.3. The van der Waals surface area contributed by atoms with Crippen LogP contribution in [0.25, 0.3) is 28.2 Å². The molecule has 1 N–H and O–H groups in total. The largest absolute Gasteiger partial charge is 0.496 e. The highest BCUT2D eigenvalue weighted by Crippen LogP contribution is 2.40. The Kier molecular flexibility index (Phi) is 7.29. The van der Waals surface area contributed by atoms with E-state index in [1.54, 1.807) is 51.3 Å². The summed E-state index contributed by atoms with van der Waals surface area (Å²) < 4.78 is 19.1. The number of allylic oxidation sites excluding steroid dienone is 1. The lowest BCUT2D eigenvalue weighted by molar-refractivity contribution is -0.139. The second-order valence-corrected chi connectivity index (χ2v) is 10.8. The summed E-state index contributed by atoms with van der Waals surface area (Å²) in [7, 11) is 1.55. The number of benzene rings is 3. The molecule has 3 heterocycles. The Morgan fingerprint density at radius 1 is 1.09 bits per heavy atom. The van der Waals surface area contributed by atoms with E-state index in [1.807, 2.05) is 36.4 Å². The lowest BCUT2D eigenvalue weighted by Gasteiger charge is -2.27. The summed E-state index contributed by atoms with van der Waals surface area (Å²) in [5.74, 6) is -0.210. The van der Waals surface area contributed by atoms with Crippen molar-refractivity contribution in [3.05, 3.63) is 121 Å². The highest BCUT2D eigenvalue weighted by atomic mass is 32.1. The fourth-order valence-corrected chi connectivity index (χ4v) is 6.35. The van der Waals surface area contributed by atoms with Gasteiger partial charge in [-0.25, -0.2) is 14.6 Å². The van der Waals surface area contributed by atoms with Gasteiger partial charge in [-0.2, -0.15) is 0 Å². The van der Waals surface area contributed by atoms with Gasteiger partial charge in [-0.1, -0.05) is 53.8 Å². The topological polar surface area (TPSA) is 120 Å². The molecule has 0 amide bonds. The monoisotopic (exact) mass is 594 g/mol. The Morgan fingerprint density at radius 3 is 2.67 bits per heavy atom. The number of carboxylic acid groups (broad SMARTS) is 1. The van der Waals surface area contributed by atoms with Gasteiger partial charge in [-0.15, -0.1) is 0 Å². The van der Waals surface area contributed by atoms with Crippen LogP contribution in [-0.4, -0.2) is 35.3 Å². The van der Waals surface area contributed by atoms with Crippen molar-refractivity contribution in [2.45, 2.75) is 19.9 Å². The van der Waals surface area contributed by atoms with Crippen molar-refractivity contribution in [1.29, 1.82) is 0 Å². The number of carbonyl (C=O) groups is 2. The van der Waals surface area contributed by atoms with E-state index >= 15 is 0 Å². The van der Waals surface area contributed by atoms with E-state index in [-0.39, 0.29) is 23.3 Å². The normalized spacial score (nSPS) is 14.9. The van der Waals surface area contributed by atoms with E-state index in [0.29, 0.717) is 43.4 Å². The van der Waals surface area contributed by atoms with Crippen molar-refractivity contribution in [3.63, 3.8) is 0 Å². The number of carbonyl (C=O) groups excluding carboxylic acids is 1. The van der Waals surface area contributed by atoms with Crippen molar-refractivity contribution < 1.29 is 28.6 Å². The first kappa shape index (κ1) is 27.9. The molecule has 0 fully saturated rings. The summed E-state index contributed by atoms with van der Waals surface area (Å²) in [5.41, 5.74) is 1.74. The average molecular weight is 595 g/mol. The van der Waals surface area contributed by atoms with Crippen LogP contribution in [0.5, 0.6) is 5.75 Å². The van der Waals surface area contributed by atoms with Gasteiger partial charge in [0.05, 0.1) is 35.1 Å². The van der Waals surface area contributed by atoms with Crippen LogP contribution in [0.3, 0.4) is 0 Å². The minimum Gasteiger partial charge on any atom is -0.496 e. The van der Waals surface area contributed by atoms with Crippen LogP contribution in [0.15, 0.2) is 98.3 Å². The quantitative estimate of drug-likeness (QED) is 0.266. The van der Waals surface area contributed by atoms with Crippen LogP contribution in [0.4, 0.5) is 0 Å². The number of thiazole rings is 1. The first-order chi connectivity index (χ1) is 20.8. The van der Waals surface area contributed by atoms with Gasteiger partial charge in [0.25, 0.3) is 5.56 Å². The van der Waals surface area contributed by atoms with Gasteiger partial charge >= 0.3 is 11.9 Å². The molecule has 0 bridgehead atoms. The summed E-state index contributed by atoms with van der Waals surface area (Å²) in [6.07, 6.45) is 1.62. The van der Waals surface area contributed by atoms with Crippen LogP contribution < -0.4 is 19.6 Å². The standard InChI is InChI=1S/C33H26N2O7S/c1-4-41-32(39)27-18(2)34-33-35(29(27)28-23-11-6-5-8-19(23)12-14-25(28)40-3)30(36)26(43-33)17-22-13-15-24(42-22)20-9-7-10-21(16-20)31(37)38/h5-17,29H,4H2,1-3H3,(H,37,38)/t29-/m1/s1. The van der Waals surface area contributed by atoms with Crippen LogP contribution >= 0.6 is 11.3 Å². The van der Waals surface area contributed by atoms with E-state index in [2.05, 4.69) is 4.99 Å². The molecule has 2 aromatic heterocycles. The van der Waals surface area contributed by atoms with Gasteiger partial charge in [-0.3, -0.25) is 9.36 Å². The number of furan rings is 1. The molecule has 0 saturated carbocycles. The third kappa shape index (κ3) is 4.95. The SMILES string of the molecule is CCOC(=O)C1=C(C)N=c2sc(=Cc3ccc(-c4cccc(C(=O)O)c4)o3)c(=O)n2[C@H]1c1c(OC)ccc2ccccc12. The molecule has 0 saturated heterocycles. The summed E-state index contributed by atoms with van der Waals surface area (Å²) in [4.78, 5) is 44.0. The maximum atomic E-state index is 14.1. The Morgan fingerprint density at radius 2 is 1.91 bits per heavy atom. The van der Waals surface area contributed by atoms with Crippen LogP contribution in [-0.2, 0) is 9.53 Å². The molecule has 0 aliphatic carbocycles. The molecular formula is C33H26N2O7S. The molecule has 43 heavy (non-hydrogen) atoms. The average Bonchev–Trinajstić information content (AvgIpc) is 3.60. The van der Waals surface area contributed by atoms with Gasteiger partial charge in [-0.05, 0) is 55.0 Å². The van der Waals surface area contributed by atoms with Crippen molar-refractivity contribution >= 4 is 40.1 Å². The number of esters is 1. The third-order valence-corrected chi connectivity index (χ3v) is 8.22. The lowest BCUT2D eigenvalue weighted by atomic mass is 9.90. The second kappa shape index (κ2) is 11.2. The van der Waals surface area contributed by atoms with Crippen molar-refractivity contribution in [1.82, 2.24) is 4.57 Å². The van der Waals surface area contributed by atoms with Gasteiger partial charge < -0.3 is 19.0 Å². The molecular weight excluding hydrogens is 568 g/mol. The van der Waals surface area contributed by atoms with Gasteiger partial charge in [0, 0.05) is 17.2 Å². The van der Waals surface area contributed by atoms with Crippen molar-refractivity contribution in [2.75, 3.05) is 13.7 Å². The Balaban J connectivity index is 1.54. The molecule has 9 nitrogen and oxygen atoms in total. The number of hydrogen-bond donors (Lipinski definition) is 1. The smallest absolute Gasteiger partial charge is 0.338 e. The minimum absolute atomic E-state index is 0.139. The first-order valence-corrected chi connectivity index (χ1v) is 14.3. The maximum Gasteiger partial charge on any atom is 0.338 e. The highest BCUT2D eigenvalue weighted by Gasteiger charge is 2.36. The van der Waals surface area contributed by atoms with Crippen LogP contribution in [0, 0.1) is 0 Å². The summed E-state index contributed by atoms with van der Waals surface area (Å²) in [6, 6.07) is 20.5. The molecule has 3 aromatic carbocycles. The molecule has 1 aliphatic heterocycles. The first-order valence-electron chi connectivity index (χ1n) is 13.5. The third-order valence-electron chi connectivity index (χ3n) is 7.24. The number of nitrogens with zero attached hydrogens (tertiary/aromatic N) is 2. The Bertz CT molecular complexity index is 2130. The summed E-state index contributed by atoms with van der Waals surface area (Å²) in [5, 5.41) is 11.1. The molecule has 1 atom stereocenters. The maximum absolute atomic E-state index is 14.1. The number of hydrogen-bond acceptors (Lipinski definition) is 8. The van der Waals surface area contributed by atoms with E-state index in [1.165, 1.54) is 28.0 Å². The second-order valence-electron chi connectivity index (χ2n) is 9.79. The zero-order valence-electron chi connectivity index (χ0n) is 23.5. The molecule has 10 heteroatoms. The van der Waals surface area contributed by atoms with E-state index in [4.69, 9.17) is 13.9 Å². The number of aromatic nitrogens is 1. The number of aromatic carboxylic acids is 1. The molecule has 6 rings (SSSR count). The molecule has 5 aromatic rings. The van der Waals surface area contributed by atoms with Gasteiger partial charge in [0.1, 0.15) is 23.3 Å². The molecule has 1 aliphatic rings. The van der Waals surface area contributed by atoms with Crippen molar-refractivity contribution in [2.24, 2.45) is 4.99 Å². The van der Waals surface area contributed by atoms with Crippen LogP contribution in [0.2, 0.25) is 0 Å². The van der Waals surface area contributed by atoms with Crippen molar-refractivity contribution in [3.8, 4) is 17.1 Å². The lowest BCUT2D eigenvalue weighted by Crippen LogP contribution is -2.40. The predicted molar refractivity (Wildman–Crippen MR) is 162 cm³/mol. The summed E-state index contributed by atoms with van der Waals surface area (Å²) >= 11 is 1.18. The Labute approximate surface area is 249 Å². The van der Waals surface area contributed by atoms with Gasteiger partial charge in [0.15, 0.2) is 4.80 Å². The van der Waals surface area contributed by atoms with Gasteiger partial charge in [0.2, 0.25) is 0 Å². The predicted octanol–water partition coefficient (Wildman–Crippen LogP) is 4.92. The van der Waals surface area contributed by atoms with E-state index in [0.717, 1.165) is 10.8 Å². The van der Waals surface area contributed by atoms with E-state index in [9.17, 15) is 19.5 Å². The van der Waals surface area contributed by atoms with Crippen LogP contribution in [0.1, 0.15) is 41.6 Å². The number of fused-ring (bicyclic) bond motifs is 2. The molecule has 216 valence electrons. The van der Waals surface area contributed by atoms with E-state index < -0.39 is 18.0 Å².